The van der Waals surface area contributed by atoms with Crippen molar-refractivity contribution < 1.29 is 14.3 Å². The van der Waals surface area contributed by atoms with Crippen LogP contribution in [-0.4, -0.2) is 25.5 Å². The van der Waals surface area contributed by atoms with E-state index in [2.05, 4.69) is 12.2 Å². The van der Waals surface area contributed by atoms with E-state index in [1.165, 1.54) is 0 Å². The third kappa shape index (κ3) is 4.04. The van der Waals surface area contributed by atoms with E-state index >= 15 is 0 Å². The second-order valence-electron chi connectivity index (χ2n) is 7.82. The number of anilines is 2. The van der Waals surface area contributed by atoms with Gasteiger partial charge in [-0.1, -0.05) is 30.3 Å². The third-order valence-corrected chi connectivity index (χ3v) is 5.79. The lowest BCUT2D eigenvalue weighted by atomic mass is 9.95. The van der Waals surface area contributed by atoms with E-state index in [1.807, 2.05) is 49.4 Å². The summed E-state index contributed by atoms with van der Waals surface area (Å²) < 4.78 is 5.58. The van der Waals surface area contributed by atoms with Gasteiger partial charge < -0.3 is 15.0 Å². The maximum atomic E-state index is 13.5. The van der Waals surface area contributed by atoms with Gasteiger partial charge in [0.15, 0.2) is 0 Å². The van der Waals surface area contributed by atoms with Crippen molar-refractivity contribution in [2.75, 3.05) is 23.9 Å². The number of aryl methyl sites for hydroxylation is 2. The molecule has 5 heteroatoms. The Morgan fingerprint density at radius 3 is 2.42 bits per heavy atom. The molecular formula is C26H26N2O3. The summed E-state index contributed by atoms with van der Waals surface area (Å²) in [6.45, 7) is 4.61. The summed E-state index contributed by atoms with van der Waals surface area (Å²) in [4.78, 5) is 27.9. The number of hydrogen-bond donors (Lipinski definition) is 1. The minimum atomic E-state index is -0.200. The minimum Gasteiger partial charge on any atom is -0.495 e. The molecule has 0 saturated heterocycles. The number of nitrogens with one attached hydrogen (secondary N) is 1. The highest BCUT2D eigenvalue weighted by molar-refractivity contribution is 6.09. The van der Waals surface area contributed by atoms with Crippen LogP contribution in [0.1, 0.15) is 43.8 Å². The van der Waals surface area contributed by atoms with Crippen molar-refractivity contribution in [2.24, 2.45) is 0 Å². The predicted molar refractivity (Wildman–Crippen MR) is 123 cm³/mol. The Morgan fingerprint density at radius 1 is 0.935 bits per heavy atom. The maximum absolute atomic E-state index is 13.5. The van der Waals surface area contributed by atoms with Crippen LogP contribution >= 0.6 is 0 Å². The summed E-state index contributed by atoms with van der Waals surface area (Å²) in [5.41, 5.74) is 5.81. The van der Waals surface area contributed by atoms with Crippen molar-refractivity contribution in [2.45, 2.75) is 26.7 Å². The molecule has 1 aliphatic heterocycles. The van der Waals surface area contributed by atoms with Crippen LogP contribution in [-0.2, 0) is 6.42 Å². The maximum Gasteiger partial charge on any atom is 0.258 e. The Morgan fingerprint density at radius 2 is 1.68 bits per heavy atom. The molecule has 3 aromatic rings. The summed E-state index contributed by atoms with van der Waals surface area (Å²) in [5.74, 6) is 0.410. The van der Waals surface area contributed by atoms with Gasteiger partial charge in [-0.2, -0.15) is 0 Å². The standard InChI is InChI=1S/C26H26N2O3/c1-17-12-14-23(31-3)24-21(17)10-7-15-28(24)26(30)20-13-11-18(2)22(16-20)27-25(29)19-8-5-4-6-9-19/h4-6,8-9,11-14,16H,7,10,15H2,1-3H3,(H,27,29). The Labute approximate surface area is 182 Å². The molecule has 31 heavy (non-hydrogen) atoms. The van der Waals surface area contributed by atoms with Gasteiger partial charge >= 0.3 is 0 Å². The highest BCUT2D eigenvalue weighted by Crippen LogP contribution is 2.39. The number of methoxy groups -OCH3 is 1. The van der Waals surface area contributed by atoms with Gasteiger partial charge in [0, 0.05) is 23.4 Å². The van der Waals surface area contributed by atoms with Crippen LogP contribution in [0.2, 0.25) is 0 Å². The molecule has 1 heterocycles. The average Bonchev–Trinajstić information content (AvgIpc) is 2.80. The van der Waals surface area contributed by atoms with Crippen LogP contribution in [0.25, 0.3) is 0 Å². The number of amides is 2. The van der Waals surface area contributed by atoms with E-state index in [1.54, 1.807) is 30.2 Å². The second-order valence-corrected chi connectivity index (χ2v) is 7.82. The first-order valence-electron chi connectivity index (χ1n) is 10.4. The van der Waals surface area contributed by atoms with Gasteiger partial charge in [-0.25, -0.2) is 0 Å². The van der Waals surface area contributed by atoms with E-state index in [0.29, 0.717) is 29.1 Å². The summed E-state index contributed by atoms with van der Waals surface area (Å²) in [7, 11) is 1.63. The van der Waals surface area contributed by atoms with Crippen LogP contribution in [0.15, 0.2) is 60.7 Å². The van der Waals surface area contributed by atoms with Crippen molar-refractivity contribution in [3.8, 4) is 5.75 Å². The lowest BCUT2D eigenvalue weighted by Crippen LogP contribution is -2.36. The molecule has 0 atom stereocenters. The monoisotopic (exact) mass is 414 g/mol. The molecule has 158 valence electrons. The fourth-order valence-corrected chi connectivity index (χ4v) is 4.05. The van der Waals surface area contributed by atoms with Crippen molar-refractivity contribution in [1.29, 1.82) is 0 Å². The number of nitrogens with zero attached hydrogens (tertiary/aromatic N) is 1. The Hall–Kier alpha value is -3.60. The van der Waals surface area contributed by atoms with Crippen LogP contribution in [0, 0.1) is 13.8 Å². The molecule has 0 aliphatic carbocycles. The number of fused-ring (bicyclic) bond motifs is 1. The summed E-state index contributed by atoms with van der Waals surface area (Å²) in [6, 6.07) is 18.4. The van der Waals surface area contributed by atoms with Crippen molar-refractivity contribution in [1.82, 2.24) is 0 Å². The average molecular weight is 415 g/mol. The summed E-state index contributed by atoms with van der Waals surface area (Å²) in [6.07, 6.45) is 1.82. The van der Waals surface area contributed by atoms with E-state index in [0.717, 1.165) is 35.2 Å². The van der Waals surface area contributed by atoms with Gasteiger partial charge in [0.2, 0.25) is 0 Å². The number of benzene rings is 3. The Bertz CT molecular complexity index is 1140. The largest absolute Gasteiger partial charge is 0.495 e. The van der Waals surface area contributed by atoms with Crippen LogP contribution in [0.3, 0.4) is 0 Å². The summed E-state index contributed by atoms with van der Waals surface area (Å²) in [5, 5.41) is 2.94. The van der Waals surface area contributed by atoms with Gasteiger partial charge in [-0.3, -0.25) is 9.59 Å². The van der Waals surface area contributed by atoms with Crippen molar-refractivity contribution >= 4 is 23.2 Å². The van der Waals surface area contributed by atoms with E-state index in [9.17, 15) is 9.59 Å². The predicted octanol–water partition coefficient (Wildman–Crippen LogP) is 5.16. The van der Waals surface area contributed by atoms with Gasteiger partial charge in [0.1, 0.15) is 5.75 Å². The molecule has 2 amide bonds. The number of carbonyl (C=O) groups is 2. The quantitative estimate of drug-likeness (QED) is 0.642. The molecule has 1 N–H and O–H groups in total. The number of rotatable bonds is 4. The minimum absolute atomic E-state index is 0.0972. The molecule has 0 fully saturated rings. The third-order valence-electron chi connectivity index (χ3n) is 5.79. The summed E-state index contributed by atoms with van der Waals surface area (Å²) >= 11 is 0. The highest BCUT2D eigenvalue weighted by atomic mass is 16.5. The fourth-order valence-electron chi connectivity index (χ4n) is 4.05. The first kappa shape index (κ1) is 20.7. The van der Waals surface area contributed by atoms with Crippen LogP contribution in [0.5, 0.6) is 5.75 Å². The van der Waals surface area contributed by atoms with Crippen molar-refractivity contribution in [3.63, 3.8) is 0 Å². The van der Waals surface area contributed by atoms with E-state index < -0.39 is 0 Å². The number of hydrogen-bond acceptors (Lipinski definition) is 3. The molecule has 0 saturated carbocycles. The van der Waals surface area contributed by atoms with Gasteiger partial charge in [-0.15, -0.1) is 0 Å². The number of ether oxygens (including phenoxy) is 1. The molecule has 4 rings (SSSR count). The molecule has 1 aliphatic rings. The molecule has 0 spiro atoms. The zero-order chi connectivity index (χ0) is 22.0. The van der Waals surface area contributed by atoms with E-state index in [4.69, 9.17) is 4.74 Å². The molecule has 0 aromatic heterocycles. The Balaban J connectivity index is 1.66. The molecule has 0 unspecified atom stereocenters. The highest BCUT2D eigenvalue weighted by Gasteiger charge is 2.28. The van der Waals surface area contributed by atoms with Gasteiger partial charge in [0.25, 0.3) is 11.8 Å². The first-order chi connectivity index (χ1) is 15.0. The molecule has 0 bridgehead atoms. The van der Waals surface area contributed by atoms with E-state index in [-0.39, 0.29) is 11.8 Å². The van der Waals surface area contributed by atoms with Gasteiger partial charge in [-0.05, 0) is 73.7 Å². The van der Waals surface area contributed by atoms with Crippen LogP contribution < -0.4 is 15.0 Å². The lowest BCUT2D eigenvalue weighted by Gasteiger charge is -2.32. The zero-order valence-corrected chi connectivity index (χ0v) is 18.1. The fraction of sp³-hybridized carbons (Fsp3) is 0.231. The zero-order valence-electron chi connectivity index (χ0n) is 18.1. The van der Waals surface area contributed by atoms with Crippen LogP contribution in [0.4, 0.5) is 11.4 Å². The number of carbonyl (C=O) groups excluding carboxylic acids is 2. The molecule has 5 nitrogen and oxygen atoms in total. The smallest absolute Gasteiger partial charge is 0.258 e. The molecule has 0 radical (unpaired) electrons. The SMILES string of the molecule is COc1ccc(C)c2c1N(C(=O)c1ccc(C)c(NC(=O)c3ccccc3)c1)CCC2. The molecule has 3 aromatic carbocycles. The topological polar surface area (TPSA) is 58.6 Å². The lowest BCUT2D eigenvalue weighted by molar-refractivity contribution is 0.0982. The molecular weight excluding hydrogens is 388 g/mol. The second kappa shape index (κ2) is 8.64. The Kier molecular flexibility index (Phi) is 5.76. The van der Waals surface area contributed by atoms with Crippen molar-refractivity contribution in [3.05, 3.63) is 88.5 Å². The normalized spacial score (nSPS) is 12.8. The first-order valence-corrected chi connectivity index (χ1v) is 10.4. The van der Waals surface area contributed by atoms with Gasteiger partial charge in [0.05, 0.1) is 12.8 Å².